The van der Waals surface area contributed by atoms with E-state index in [1.807, 2.05) is 0 Å². The van der Waals surface area contributed by atoms with E-state index in [0.717, 1.165) is 64.2 Å². The first kappa shape index (κ1) is 21.2. The molecular formula is C22H38O4. The van der Waals surface area contributed by atoms with Crippen LogP contribution in [0.4, 0.5) is 0 Å². The Labute approximate surface area is 159 Å². The number of esters is 2. The number of carbonyl (C=O) groups excluding carboxylic acids is 2. The highest BCUT2D eigenvalue weighted by Gasteiger charge is 2.31. The summed E-state index contributed by atoms with van der Waals surface area (Å²) in [5.41, 5.74) is 0. The Morgan fingerprint density at radius 1 is 0.731 bits per heavy atom. The number of ether oxygens (including phenoxy) is 2. The highest BCUT2D eigenvalue weighted by Crippen LogP contribution is 2.30. The fraction of sp³-hybridized carbons (Fsp3) is 0.909. The van der Waals surface area contributed by atoms with Crippen LogP contribution < -0.4 is 0 Å². The monoisotopic (exact) mass is 366 g/mol. The predicted octanol–water partition coefficient (Wildman–Crippen LogP) is 5.57. The van der Waals surface area contributed by atoms with Crippen molar-refractivity contribution in [2.75, 3.05) is 6.61 Å². The third-order valence-electron chi connectivity index (χ3n) is 5.97. The Bertz CT molecular complexity index is 406. The van der Waals surface area contributed by atoms with E-state index in [-0.39, 0.29) is 29.9 Å². The van der Waals surface area contributed by atoms with Gasteiger partial charge in [0.15, 0.2) is 0 Å². The molecule has 0 atom stereocenters. The Hall–Kier alpha value is -1.06. The molecule has 2 aliphatic rings. The minimum atomic E-state index is -0.0457. The van der Waals surface area contributed by atoms with Crippen molar-refractivity contribution in [1.82, 2.24) is 0 Å². The molecule has 2 aliphatic carbocycles. The number of rotatable bonds is 10. The molecule has 0 radical (unpaired) electrons. The molecule has 150 valence electrons. The molecule has 0 aromatic heterocycles. The van der Waals surface area contributed by atoms with Crippen molar-refractivity contribution in [3.8, 4) is 0 Å². The number of carbonyl (C=O) groups is 2. The molecule has 2 rings (SSSR count). The van der Waals surface area contributed by atoms with E-state index in [9.17, 15) is 9.59 Å². The third kappa shape index (κ3) is 7.67. The molecule has 0 aromatic carbocycles. The van der Waals surface area contributed by atoms with Crippen molar-refractivity contribution in [3.05, 3.63) is 0 Å². The average Bonchev–Trinajstić information content (AvgIpc) is 2.68. The minimum Gasteiger partial charge on any atom is -0.465 e. The topological polar surface area (TPSA) is 52.6 Å². The van der Waals surface area contributed by atoms with Gasteiger partial charge in [-0.3, -0.25) is 9.59 Å². The van der Waals surface area contributed by atoms with Gasteiger partial charge >= 0.3 is 11.9 Å². The quantitative estimate of drug-likeness (QED) is 0.374. The summed E-state index contributed by atoms with van der Waals surface area (Å²) in [4.78, 5) is 24.4. The minimum absolute atomic E-state index is 0.000256. The molecule has 0 heterocycles. The number of hydrogen-bond donors (Lipinski definition) is 0. The zero-order valence-corrected chi connectivity index (χ0v) is 16.7. The van der Waals surface area contributed by atoms with Crippen LogP contribution in [0.2, 0.25) is 0 Å². The Morgan fingerprint density at radius 2 is 1.35 bits per heavy atom. The zero-order valence-electron chi connectivity index (χ0n) is 16.7. The fourth-order valence-corrected chi connectivity index (χ4v) is 4.19. The van der Waals surface area contributed by atoms with Crippen molar-refractivity contribution in [2.24, 2.45) is 11.8 Å². The van der Waals surface area contributed by atoms with Crippen LogP contribution in [0.15, 0.2) is 0 Å². The molecule has 0 aromatic rings. The lowest BCUT2D eigenvalue weighted by molar-refractivity contribution is -0.159. The van der Waals surface area contributed by atoms with Gasteiger partial charge < -0.3 is 9.47 Å². The van der Waals surface area contributed by atoms with Gasteiger partial charge in [-0.05, 0) is 44.9 Å². The molecule has 0 amide bonds. The maximum absolute atomic E-state index is 12.2. The van der Waals surface area contributed by atoms with Crippen molar-refractivity contribution >= 4 is 11.9 Å². The first-order chi connectivity index (χ1) is 12.7. The number of hydrogen-bond acceptors (Lipinski definition) is 4. The van der Waals surface area contributed by atoms with Crippen LogP contribution in [0.3, 0.4) is 0 Å². The van der Waals surface area contributed by atoms with Gasteiger partial charge in [0.05, 0.1) is 18.4 Å². The maximum Gasteiger partial charge on any atom is 0.309 e. The molecule has 2 fully saturated rings. The summed E-state index contributed by atoms with van der Waals surface area (Å²) in [6, 6.07) is 0. The predicted molar refractivity (Wildman–Crippen MR) is 103 cm³/mol. The van der Waals surface area contributed by atoms with Crippen molar-refractivity contribution in [2.45, 2.75) is 109 Å². The van der Waals surface area contributed by atoms with Gasteiger partial charge in [-0.2, -0.15) is 0 Å². The van der Waals surface area contributed by atoms with Gasteiger partial charge in [0, 0.05) is 0 Å². The SMILES string of the molecule is CCCCCCCCOC(=O)C1CCC(OC(=O)C2CCCCC2)CC1. The van der Waals surface area contributed by atoms with E-state index >= 15 is 0 Å². The van der Waals surface area contributed by atoms with Crippen LogP contribution in [0.5, 0.6) is 0 Å². The molecule has 2 saturated carbocycles. The van der Waals surface area contributed by atoms with E-state index in [1.54, 1.807) is 0 Å². The summed E-state index contributed by atoms with van der Waals surface area (Å²) < 4.78 is 11.2. The molecule has 0 aliphatic heterocycles. The van der Waals surface area contributed by atoms with Gasteiger partial charge in [0.1, 0.15) is 6.10 Å². The summed E-state index contributed by atoms with van der Waals surface area (Å²) in [6.45, 7) is 2.77. The van der Waals surface area contributed by atoms with Gasteiger partial charge in [0.2, 0.25) is 0 Å². The van der Waals surface area contributed by atoms with E-state index < -0.39 is 0 Å². The molecule has 0 saturated heterocycles. The molecular weight excluding hydrogens is 328 g/mol. The van der Waals surface area contributed by atoms with Gasteiger partial charge in [-0.1, -0.05) is 58.3 Å². The standard InChI is InChI=1S/C22H38O4/c1-2-3-4-5-6-10-17-25-21(23)19-13-15-20(16-14-19)26-22(24)18-11-8-7-9-12-18/h18-20H,2-17H2,1H3. The van der Waals surface area contributed by atoms with Crippen LogP contribution in [-0.2, 0) is 19.1 Å². The normalized spacial score (nSPS) is 24.2. The first-order valence-corrected chi connectivity index (χ1v) is 11.1. The van der Waals surface area contributed by atoms with Crippen molar-refractivity contribution in [3.63, 3.8) is 0 Å². The Morgan fingerprint density at radius 3 is 2.04 bits per heavy atom. The van der Waals surface area contributed by atoms with E-state index in [4.69, 9.17) is 9.47 Å². The lowest BCUT2D eigenvalue weighted by Crippen LogP contribution is -2.31. The highest BCUT2D eigenvalue weighted by molar-refractivity contribution is 5.73. The third-order valence-corrected chi connectivity index (χ3v) is 5.97. The van der Waals surface area contributed by atoms with Gasteiger partial charge in [-0.25, -0.2) is 0 Å². The molecule has 0 spiro atoms. The summed E-state index contributed by atoms with van der Waals surface area (Å²) in [6.07, 6.45) is 15.9. The Balaban J connectivity index is 1.54. The van der Waals surface area contributed by atoms with Crippen LogP contribution in [-0.4, -0.2) is 24.6 Å². The lowest BCUT2D eigenvalue weighted by Gasteiger charge is -2.29. The summed E-state index contributed by atoms with van der Waals surface area (Å²) in [7, 11) is 0. The van der Waals surface area contributed by atoms with Crippen LogP contribution in [0.25, 0.3) is 0 Å². The molecule has 4 nitrogen and oxygen atoms in total. The molecule has 0 bridgehead atoms. The second-order valence-electron chi connectivity index (χ2n) is 8.18. The summed E-state index contributed by atoms with van der Waals surface area (Å²) in [5.74, 6) is 0.0675. The lowest BCUT2D eigenvalue weighted by atomic mass is 9.86. The number of unbranched alkanes of at least 4 members (excludes halogenated alkanes) is 5. The molecule has 26 heavy (non-hydrogen) atoms. The van der Waals surface area contributed by atoms with E-state index in [2.05, 4.69) is 6.92 Å². The summed E-state index contributed by atoms with van der Waals surface area (Å²) >= 11 is 0. The largest absolute Gasteiger partial charge is 0.465 e. The second-order valence-corrected chi connectivity index (χ2v) is 8.18. The average molecular weight is 367 g/mol. The first-order valence-electron chi connectivity index (χ1n) is 11.1. The molecule has 0 N–H and O–H groups in total. The molecule has 4 heteroatoms. The Kier molecular flexibility index (Phi) is 10.1. The molecule has 0 unspecified atom stereocenters. The highest BCUT2D eigenvalue weighted by atomic mass is 16.5. The van der Waals surface area contributed by atoms with Crippen LogP contribution in [0, 0.1) is 11.8 Å². The summed E-state index contributed by atoms with van der Waals surface area (Å²) in [5, 5.41) is 0. The smallest absolute Gasteiger partial charge is 0.309 e. The van der Waals surface area contributed by atoms with Crippen molar-refractivity contribution in [1.29, 1.82) is 0 Å². The zero-order chi connectivity index (χ0) is 18.6. The van der Waals surface area contributed by atoms with Crippen molar-refractivity contribution < 1.29 is 19.1 Å². The van der Waals surface area contributed by atoms with E-state index in [1.165, 1.54) is 32.1 Å². The van der Waals surface area contributed by atoms with Crippen LogP contribution >= 0.6 is 0 Å². The van der Waals surface area contributed by atoms with Gasteiger partial charge in [-0.15, -0.1) is 0 Å². The van der Waals surface area contributed by atoms with Crippen LogP contribution in [0.1, 0.15) is 103 Å². The van der Waals surface area contributed by atoms with Gasteiger partial charge in [0.25, 0.3) is 0 Å². The maximum atomic E-state index is 12.2. The fourth-order valence-electron chi connectivity index (χ4n) is 4.19. The second kappa shape index (κ2) is 12.3. The van der Waals surface area contributed by atoms with E-state index in [0.29, 0.717) is 6.61 Å².